The normalized spacial score (nSPS) is 26.3. The highest BCUT2D eigenvalue weighted by molar-refractivity contribution is 9.10. The Balaban J connectivity index is 1.76. The molecule has 2 unspecified atom stereocenters. The number of nitrogens with one attached hydrogen (secondary N) is 1. The zero-order chi connectivity index (χ0) is 13.4. The van der Waals surface area contributed by atoms with Gasteiger partial charge in [-0.25, -0.2) is 0 Å². The van der Waals surface area contributed by atoms with Crippen LogP contribution in [0.2, 0.25) is 5.02 Å². The van der Waals surface area contributed by atoms with Gasteiger partial charge in [-0.05, 0) is 59.4 Å². The Bertz CT molecular complexity index is 508. The first-order valence-corrected chi connectivity index (χ1v) is 7.80. The Morgan fingerprint density at radius 3 is 3.05 bits per heavy atom. The summed E-state index contributed by atoms with van der Waals surface area (Å²) in [6.45, 7) is 2.79. The van der Waals surface area contributed by atoms with Crippen molar-refractivity contribution in [3.05, 3.63) is 33.3 Å². The van der Waals surface area contributed by atoms with Crippen LogP contribution in [0.4, 0.5) is 0 Å². The maximum absolute atomic E-state index is 12.6. The van der Waals surface area contributed by atoms with Crippen molar-refractivity contribution in [2.24, 2.45) is 5.92 Å². The predicted molar refractivity (Wildman–Crippen MR) is 79.6 cm³/mol. The average molecular weight is 344 g/mol. The summed E-state index contributed by atoms with van der Waals surface area (Å²) >= 11 is 9.34. The van der Waals surface area contributed by atoms with E-state index in [1.807, 2.05) is 4.90 Å². The molecule has 2 saturated heterocycles. The third-order valence-corrected chi connectivity index (χ3v) is 5.00. The van der Waals surface area contributed by atoms with Crippen molar-refractivity contribution in [1.29, 1.82) is 0 Å². The van der Waals surface area contributed by atoms with E-state index in [2.05, 4.69) is 21.2 Å². The zero-order valence-electron chi connectivity index (χ0n) is 10.5. The first-order chi connectivity index (χ1) is 9.15. The van der Waals surface area contributed by atoms with E-state index >= 15 is 0 Å². The number of nitrogens with zero attached hydrogens (tertiary/aromatic N) is 1. The zero-order valence-corrected chi connectivity index (χ0v) is 12.9. The molecule has 0 aromatic heterocycles. The molecule has 2 atom stereocenters. The summed E-state index contributed by atoms with van der Waals surface area (Å²) in [6.07, 6.45) is 2.23. The number of rotatable bonds is 1. The molecule has 2 aliphatic rings. The van der Waals surface area contributed by atoms with Crippen LogP contribution in [0, 0.1) is 5.92 Å². The Morgan fingerprint density at radius 2 is 2.26 bits per heavy atom. The summed E-state index contributed by atoms with van der Waals surface area (Å²) in [5.41, 5.74) is 0.703. The molecule has 1 amide bonds. The molecule has 2 fully saturated rings. The molecule has 0 saturated carbocycles. The fourth-order valence-electron chi connectivity index (χ4n) is 3.07. The third-order valence-electron chi connectivity index (χ3n) is 4.10. The predicted octanol–water partition coefficient (Wildman–Crippen LogP) is 2.93. The van der Waals surface area contributed by atoms with Gasteiger partial charge >= 0.3 is 0 Å². The summed E-state index contributed by atoms with van der Waals surface area (Å²) in [6, 6.07) is 5.95. The van der Waals surface area contributed by atoms with Gasteiger partial charge in [-0.1, -0.05) is 11.6 Å². The monoisotopic (exact) mass is 342 g/mol. The molecule has 5 heteroatoms. The van der Waals surface area contributed by atoms with Crippen LogP contribution in [0.15, 0.2) is 22.7 Å². The molecule has 3 nitrogen and oxygen atoms in total. The van der Waals surface area contributed by atoms with Gasteiger partial charge in [0.1, 0.15) is 0 Å². The molecular formula is C14H16BrClN2O. The van der Waals surface area contributed by atoms with E-state index in [0.717, 1.165) is 30.5 Å². The van der Waals surface area contributed by atoms with E-state index in [1.54, 1.807) is 18.2 Å². The Kier molecular flexibility index (Phi) is 3.83. The lowest BCUT2D eigenvalue weighted by Crippen LogP contribution is -2.46. The van der Waals surface area contributed by atoms with Crippen LogP contribution in [-0.4, -0.2) is 36.5 Å². The van der Waals surface area contributed by atoms with Crippen molar-refractivity contribution in [2.75, 3.05) is 19.6 Å². The van der Waals surface area contributed by atoms with Gasteiger partial charge in [0, 0.05) is 28.6 Å². The quantitative estimate of drug-likeness (QED) is 0.850. The number of hydrogen-bond donors (Lipinski definition) is 1. The highest BCUT2D eigenvalue weighted by Gasteiger charge is 2.34. The van der Waals surface area contributed by atoms with Crippen molar-refractivity contribution in [3.63, 3.8) is 0 Å². The van der Waals surface area contributed by atoms with E-state index in [9.17, 15) is 4.79 Å². The molecule has 1 N–H and O–H groups in total. The number of piperidine rings is 1. The summed E-state index contributed by atoms with van der Waals surface area (Å²) in [7, 11) is 0. The van der Waals surface area contributed by atoms with Crippen LogP contribution in [0.25, 0.3) is 0 Å². The number of likely N-dealkylation sites (tertiary alicyclic amines) is 1. The van der Waals surface area contributed by atoms with Gasteiger partial charge in [0.25, 0.3) is 5.91 Å². The summed E-state index contributed by atoms with van der Waals surface area (Å²) in [5.74, 6) is 0.720. The number of halogens is 2. The van der Waals surface area contributed by atoms with E-state index in [-0.39, 0.29) is 5.91 Å². The number of benzene rings is 1. The van der Waals surface area contributed by atoms with E-state index in [0.29, 0.717) is 22.5 Å². The second-order valence-electron chi connectivity index (χ2n) is 5.27. The lowest BCUT2D eigenvalue weighted by molar-refractivity contribution is 0.0661. The van der Waals surface area contributed by atoms with Crippen molar-refractivity contribution in [3.8, 4) is 0 Å². The summed E-state index contributed by atoms with van der Waals surface area (Å²) in [4.78, 5) is 14.5. The van der Waals surface area contributed by atoms with Crippen molar-refractivity contribution >= 4 is 33.4 Å². The standard InChI is InChI=1S/C14H16BrClN2O/c15-12-7-10(16)1-2-11(12)14(19)18-6-4-13-9(8-18)3-5-17-13/h1-2,7,9,13,17H,3-6,8H2. The highest BCUT2D eigenvalue weighted by Crippen LogP contribution is 2.28. The van der Waals surface area contributed by atoms with Gasteiger partial charge in [0.15, 0.2) is 0 Å². The molecule has 0 bridgehead atoms. The average Bonchev–Trinajstić information content (AvgIpc) is 2.85. The minimum Gasteiger partial charge on any atom is -0.338 e. The van der Waals surface area contributed by atoms with E-state index in [4.69, 9.17) is 11.6 Å². The Labute approximate surface area is 126 Å². The number of fused-ring (bicyclic) bond motifs is 1. The largest absolute Gasteiger partial charge is 0.338 e. The van der Waals surface area contributed by atoms with Gasteiger partial charge in [0.2, 0.25) is 0 Å². The second-order valence-corrected chi connectivity index (χ2v) is 6.56. The fourth-order valence-corrected chi connectivity index (χ4v) is 3.92. The molecule has 1 aromatic carbocycles. The van der Waals surface area contributed by atoms with Gasteiger partial charge in [0.05, 0.1) is 5.56 Å². The van der Waals surface area contributed by atoms with Gasteiger partial charge in [-0.3, -0.25) is 4.79 Å². The number of carbonyl (C=O) groups is 1. The first-order valence-electron chi connectivity index (χ1n) is 6.63. The second kappa shape index (κ2) is 5.43. The lowest BCUT2D eigenvalue weighted by Gasteiger charge is -2.35. The fraction of sp³-hybridized carbons (Fsp3) is 0.500. The van der Waals surface area contributed by atoms with Crippen LogP contribution in [0.5, 0.6) is 0 Å². The topological polar surface area (TPSA) is 32.3 Å². The minimum absolute atomic E-state index is 0.105. The molecule has 1 aromatic rings. The molecular weight excluding hydrogens is 328 g/mol. The molecule has 19 heavy (non-hydrogen) atoms. The number of carbonyl (C=O) groups excluding carboxylic acids is 1. The SMILES string of the molecule is O=C(c1ccc(Cl)cc1Br)N1CCC2NCCC2C1. The van der Waals surface area contributed by atoms with Crippen molar-refractivity contribution < 1.29 is 4.79 Å². The van der Waals surface area contributed by atoms with Crippen LogP contribution in [-0.2, 0) is 0 Å². The summed E-state index contributed by atoms with van der Waals surface area (Å²) < 4.78 is 0.775. The van der Waals surface area contributed by atoms with Crippen LogP contribution >= 0.6 is 27.5 Å². The first kappa shape index (κ1) is 13.4. The maximum Gasteiger partial charge on any atom is 0.255 e. The summed E-state index contributed by atoms with van der Waals surface area (Å²) in [5, 5.41) is 4.15. The minimum atomic E-state index is 0.105. The van der Waals surface area contributed by atoms with E-state index < -0.39 is 0 Å². The maximum atomic E-state index is 12.6. The van der Waals surface area contributed by atoms with Crippen molar-refractivity contribution in [2.45, 2.75) is 18.9 Å². The van der Waals surface area contributed by atoms with Crippen molar-refractivity contribution in [1.82, 2.24) is 10.2 Å². The van der Waals surface area contributed by atoms with Crippen LogP contribution < -0.4 is 5.32 Å². The Hall–Kier alpha value is -0.580. The van der Waals surface area contributed by atoms with Gasteiger partial charge in [-0.2, -0.15) is 0 Å². The third kappa shape index (κ3) is 2.67. The molecule has 0 radical (unpaired) electrons. The number of amides is 1. The molecule has 0 spiro atoms. The molecule has 0 aliphatic carbocycles. The number of hydrogen-bond acceptors (Lipinski definition) is 2. The molecule has 102 valence electrons. The van der Waals surface area contributed by atoms with Crippen LogP contribution in [0.3, 0.4) is 0 Å². The molecule has 3 rings (SSSR count). The Morgan fingerprint density at radius 1 is 1.42 bits per heavy atom. The smallest absolute Gasteiger partial charge is 0.255 e. The molecule has 2 heterocycles. The van der Waals surface area contributed by atoms with E-state index in [1.165, 1.54) is 6.42 Å². The molecule has 2 aliphatic heterocycles. The van der Waals surface area contributed by atoms with Gasteiger partial charge in [-0.15, -0.1) is 0 Å². The van der Waals surface area contributed by atoms with Crippen LogP contribution in [0.1, 0.15) is 23.2 Å². The lowest BCUT2D eigenvalue weighted by atomic mass is 9.93. The van der Waals surface area contributed by atoms with Gasteiger partial charge < -0.3 is 10.2 Å². The highest BCUT2D eigenvalue weighted by atomic mass is 79.9.